The van der Waals surface area contributed by atoms with E-state index in [-0.39, 0.29) is 0 Å². The first-order valence-electron chi connectivity index (χ1n) is 4.71. The van der Waals surface area contributed by atoms with Gasteiger partial charge in [-0.1, -0.05) is 42.5 Å². The van der Waals surface area contributed by atoms with Gasteiger partial charge in [-0.3, -0.25) is 10.1 Å². The van der Waals surface area contributed by atoms with Gasteiger partial charge in [0, 0.05) is 4.92 Å². The number of nitro groups is 1. The summed E-state index contributed by atoms with van der Waals surface area (Å²) in [5, 5.41) is 10.3. The summed E-state index contributed by atoms with van der Waals surface area (Å²) in [6.07, 6.45) is 1.98. The summed E-state index contributed by atoms with van der Waals surface area (Å²) in [5.41, 5.74) is 0.929. The van der Waals surface area contributed by atoms with Crippen molar-refractivity contribution in [1.82, 2.24) is 0 Å². The fourth-order valence-corrected chi connectivity index (χ4v) is 1.54. The first kappa shape index (κ1) is 9.83. The monoisotopic (exact) mass is 207 g/mol. The molecular weight excluding hydrogens is 197 g/mol. The van der Waals surface area contributed by atoms with Gasteiger partial charge in [0.25, 0.3) is 6.04 Å². The normalized spacial score (nSPS) is 29.3. The van der Waals surface area contributed by atoms with Crippen LogP contribution in [0.25, 0.3) is 6.08 Å². The first-order chi connectivity index (χ1) is 7.20. The summed E-state index contributed by atoms with van der Waals surface area (Å²) >= 11 is 0. The highest BCUT2D eigenvalue weighted by Gasteiger charge is 2.60. The van der Waals surface area contributed by atoms with Crippen LogP contribution in [0.15, 0.2) is 36.4 Å². The van der Waals surface area contributed by atoms with Crippen molar-refractivity contribution >= 4 is 6.08 Å². The van der Waals surface area contributed by atoms with Gasteiger partial charge in [-0.25, -0.2) is 4.39 Å². The van der Waals surface area contributed by atoms with Gasteiger partial charge in [0.2, 0.25) is 0 Å². The Balaban J connectivity index is 2.00. The van der Waals surface area contributed by atoms with Crippen LogP contribution in [-0.2, 0) is 0 Å². The molecule has 1 fully saturated rings. The summed E-state index contributed by atoms with van der Waals surface area (Å²) in [6, 6.07) is 8.31. The molecule has 0 N–H and O–H groups in total. The summed E-state index contributed by atoms with van der Waals surface area (Å²) < 4.78 is 12.9. The Labute approximate surface area is 86.4 Å². The molecule has 78 valence electrons. The highest BCUT2D eigenvalue weighted by molar-refractivity contribution is 5.50. The van der Waals surface area contributed by atoms with Gasteiger partial charge in [0.15, 0.2) is 6.17 Å². The van der Waals surface area contributed by atoms with E-state index in [2.05, 4.69) is 0 Å². The fourth-order valence-electron chi connectivity index (χ4n) is 1.54. The standard InChI is InChI=1S/C11H10FNO2/c12-10-9(11(10)13(14)15)7-6-8-4-2-1-3-5-8/h1-7,9-11H/b7-6+/t9-,10+,11+/m0/s1. The van der Waals surface area contributed by atoms with Crippen molar-refractivity contribution in [2.45, 2.75) is 12.2 Å². The minimum absolute atomic E-state index is 0.551. The van der Waals surface area contributed by atoms with Crippen LogP contribution in [0.1, 0.15) is 5.56 Å². The number of hydrogen-bond donors (Lipinski definition) is 0. The molecule has 0 unspecified atom stereocenters. The lowest BCUT2D eigenvalue weighted by molar-refractivity contribution is -0.500. The van der Waals surface area contributed by atoms with Crippen molar-refractivity contribution < 1.29 is 9.31 Å². The molecule has 2 rings (SSSR count). The van der Waals surface area contributed by atoms with Crippen molar-refractivity contribution in [1.29, 1.82) is 0 Å². The second-order valence-electron chi connectivity index (χ2n) is 3.57. The molecule has 0 saturated heterocycles. The predicted molar refractivity (Wildman–Crippen MR) is 54.6 cm³/mol. The Bertz CT molecular complexity index is 391. The van der Waals surface area contributed by atoms with Crippen molar-refractivity contribution in [3.63, 3.8) is 0 Å². The maximum absolute atomic E-state index is 12.9. The second-order valence-corrected chi connectivity index (χ2v) is 3.57. The molecule has 1 saturated carbocycles. The third-order valence-electron chi connectivity index (χ3n) is 2.50. The molecule has 1 aliphatic carbocycles. The summed E-state index contributed by atoms with van der Waals surface area (Å²) in [5.74, 6) is -0.555. The summed E-state index contributed by atoms with van der Waals surface area (Å²) in [4.78, 5) is 9.77. The quantitative estimate of drug-likeness (QED) is 0.563. The highest BCUT2D eigenvalue weighted by Crippen LogP contribution is 2.38. The van der Waals surface area contributed by atoms with Crippen LogP contribution in [-0.4, -0.2) is 17.1 Å². The Morgan fingerprint density at radius 3 is 2.53 bits per heavy atom. The number of hydrogen-bond acceptors (Lipinski definition) is 2. The maximum Gasteiger partial charge on any atom is 0.253 e. The van der Waals surface area contributed by atoms with Crippen molar-refractivity contribution in [3.05, 3.63) is 52.1 Å². The molecule has 0 aromatic heterocycles. The van der Waals surface area contributed by atoms with Crippen LogP contribution < -0.4 is 0 Å². The minimum Gasteiger partial charge on any atom is -0.264 e. The topological polar surface area (TPSA) is 43.1 Å². The largest absolute Gasteiger partial charge is 0.264 e. The third kappa shape index (κ3) is 2.03. The number of halogens is 1. The third-order valence-corrected chi connectivity index (χ3v) is 2.50. The molecule has 0 bridgehead atoms. The van der Waals surface area contributed by atoms with Gasteiger partial charge in [0.1, 0.15) is 0 Å². The predicted octanol–water partition coefficient (Wildman–Crippen LogP) is 2.31. The zero-order valence-electron chi connectivity index (χ0n) is 7.92. The zero-order valence-corrected chi connectivity index (χ0v) is 7.92. The van der Waals surface area contributed by atoms with E-state index in [4.69, 9.17) is 0 Å². The van der Waals surface area contributed by atoms with Crippen LogP contribution >= 0.6 is 0 Å². The molecule has 0 heterocycles. The molecule has 0 spiro atoms. The van der Waals surface area contributed by atoms with E-state index in [1.165, 1.54) is 0 Å². The smallest absolute Gasteiger partial charge is 0.253 e. The van der Waals surface area contributed by atoms with Crippen LogP contribution in [0.3, 0.4) is 0 Å². The van der Waals surface area contributed by atoms with Crippen LogP contribution in [0.5, 0.6) is 0 Å². The van der Waals surface area contributed by atoms with Gasteiger partial charge in [-0.2, -0.15) is 0 Å². The molecule has 1 aliphatic rings. The lowest BCUT2D eigenvalue weighted by Crippen LogP contribution is -2.04. The average Bonchev–Trinajstić information content (AvgIpc) is 2.88. The Kier molecular flexibility index (Phi) is 2.49. The van der Waals surface area contributed by atoms with E-state index < -0.39 is 23.1 Å². The highest BCUT2D eigenvalue weighted by atomic mass is 19.1. The van der Waals surface area contributed by atoms with Crippen LogP contribution in [0.2, 0.25) is 0 Å². The number of rotatable bonds is 3. The molecule has 3 atom stereocenters. The molecule has 0 aliphatic heterocycles. The SMILES string of the molecule is O=[N+]([O-])[C@H]1[C@H](F)[C@@H]1/C=C/c1ccccc1. The van der Waals surface area contributed by atoms with E-state index in [9.17, 15) is 14.5 Å². The number of alkyl halides is 1. The summed E-state index contributed by atoms with van der Waals surface area (Å²) in [7, 11) is 0. The number of nitrogens with zero attached hydrogens (tertiary/aromatic N) is 1. The maximum atomic E-state index is 12.9. The molecule has 1 aromatic rings. The van der Waals surface area contributed by atoms with Crippen molar-refractivity contribution in [2.75, 3.05) is 0 Å². The van der Waals surface area contributed by atoms with Gasteiger partial charge < -0.3 is 0 Å². The molecule has 3 nitrogen and oxygen atoms in total. The molecule has 15 heavy (non-hydrogen) atoms. The number of benzene rings is 1. The zero-order chi connectivity index (χ0) is 10.8. The second kappa shape index (κ2) is 3.81. The molecule has 1 aromatic carbocycles. The van der Waals surface area contributed by atoms with Gasteiger partial charge >= 0.3 is 0 Å². The van der Waals surface area contributed by atoms with Gasteiger partial charge in [0.05, 0.1) is 5.92 Å². The van der Waals surface area contributed by atoms with Crippen LogP contribution in [0.4, 0.5) is 4.39 Å². The van der Waals surface area contributed by atoms with E-state index in [1.54, 1.807) is 12.2 Å². The Morgan fingerprint density at radius 1 is 1.33 bits per heavy atom. The fraction of sp³-hybridized carbons (Fsp3) is 0.273. The van der Waals surface area contributed by atoms with Gasteiger partial charge in [-0.15, -0.1) is 0 Å². The lowest BCUT2D eigenvalue weighted by atomic mass is 10.2. The molecule has 0 radical (unpaired) electrons. The Morgan fingerprint density at radius 2 is 2.00 bits per heavy atom. The molecule has 0 amide bonds. The van der Waals surface area contributed by atoms with E-state index in [0.29, 0.717) is 0 Å². The van der Waals surface area contributed by atoms with Crippen molar-refractivity contribution in [2.24, 2.45) is 5.92 Å². The average molecular weight is 207 g/mol. The van der Waals surface area contributed by atoms with E-state index >= 15 is 0 Å². The van der Waals surface area contributed by atoms with Crippen LogP contribution in [0, 0.1) is 16.0 Å². The lowest BCUT2D eigenvalue weighted by Gasteiger charge is -1.89. The molecular formula is C11H10FNO2. The minimum atomic E-state index is -1.32. The van der Waals surface area contributed by atoms with Crippen molar-refractivity contribution in [3.8, 4) is 0 Å². The van der Waals surface area contributed by atoms with E-state index in [0.717, 1.165) is 5.56 Å². The first-order valence-corrected chi connectivity index (χ1v) is 4.71. The van der Waals surface area contributed by atoms with E-state index in [1.807, 2.05) is 30.3 Å². The van der Waals surface area contributed by atoms with Gasteiger partial charge in [-0.05, 0) is 5.56 Å². The Hall–Kier alpha value is -1.71. The summed E-state index contributed by atoms with van der Waals surface area (Å²) in [6.45, 7) is 0. The molecule has 4 heteroatoms.